The first-order valence-corrected chi connectivity index (χ1v) is 11.8. The molecule has 2 aliphatic rings. The molecule has 2 amide bonds. The van der Waals surface area contributed by atoms with E-state index in [4.69, 9.17) is 9.47 Å². The molecule has 10 heteroatoms. The standard InChI is InChI=1S/C26H28F2N2O6/c1-16(31)30-13-20(11-21(30)24(32)29-15-35-25(33)18-5-3-2-4-6-18)19-9-10-22(36-26(27)28)23(12-19)34-14-17-7-8-17/h2-6,9-10,12,17,20-21,26H,7-8,11,13-15H2,1H3,(H,29,32)/t20?,21-/m1/s1. The number of carbonyl (C=O) groups is 3. The molecular weight excluding hydrogens is 474 g/mol. The number of ether oxygens (including phenoxy) is 3. The summed E-state index contributed by atoms with van der Waals surface area (Å²) >= 11 is 0. The van der Waals surface area contributed by atoms with Gasteiger partial charge in [0.15, 0.2) is 18.2 Å². The van der Waals surface area contributed by atoms with E-state index in [1.165, 1.54) is 17.9 Å². The molecule has 1 aliphatic heterocycles. The summed E-state index contributed by atoms with van der Waals surface area (Å²) in [6, 6.07) is 12.3. The number of alkyl halides is 2. The minimum atomic E-state index is -2.98. The van der Waals surface area contributed by atoms with Crippen molar-refractivity contribution in [1.82, 2.24) is 10.2 Å². The summed E-state index contributed by atoms with van der Waals surface area (Å²) < 4.78 is 41.2. The van der Waals surface area contributed by atoms with Crippen molar-refractivity contribution in [1.29, 1.82) is 0 Å². The molecule has 1 aliphatic carbocycles. The van der Waals surface area contributed by atoms with E-state index in [1.807, 2.05) is 0 Å². The van der Waals surface area contributed by atoms with Crippen molar-refractivity contribution in [2.75, 3.05) is 19.9 Å². The van der Waals surface area contributed by atoms with Crippen molar-refractivity contribution in [3.8, 4) is 11.5 Å². The van der Waals surface area contributed by atoms with Crippen molar-refractivity contribution in [3.05, 3.63) is 59.7 Å². The smallest absolute Gasteiger partial charge is 0.387 e. The SMILES string of the molecule is CC(=O)N1CC(c2ccc(OC(F)F)c(OCC3CC3)c2)C[C@@H]1C(=O)NCOC(=O)c1ccccc1. The Kier molecular flexibility index (Phi) is 8.02. The highest BCUT2D eigenvalue weighted by Gasteiger charge is 2.39. The Hall–Kier alpha value is -3.69. The zero-order valence-corrected chi connectivity index (χ0v) is 19.8. The minimum absolute atomic E-state index is 0.0506. The van der Waals surface area contributed by atoms with Crippen molar-refractivity contribution in [2.45, 2.75) is 44.8 Å². The Morgan fingerprint density at radius 3 is 2.50 bits per heavy atom. The maximum absolute atomic E-state index is 12.9. The van der Waals surface area contributed by atoms with Crippen LogP contribution in [-0.4, -0.2) is 55.2 Å². The van der Waals surface area contributed by atoms with Crippen LogP contribution in [0.25, 0.3) is 0 Å². The first-order valence-electron chi connectivity index (χ1n) is 11.8. The number of rotatable bonds is 10. The van der Waals surface area contributed by atoms with Crippen LogP contribution in [0.15, 0.2) is 48.5 Å². The second kappa shape index (κ2) is 11.4. The highest BCUT2D eigenvalue weighted by atomic mass is 19.3. The summed E-state index contributed by atoms with van der Waals surface area (Å²) in [5.74, 6) is -0.941. The Morgan fingerprint density at radius 1 is 1.08 bits per heavy atom. The fourth-order valence-corrected chi connectivity index (χ4v) is 4.20. The van der Waals surface area contributed by atoms with E-state index in [9.17, 15) is 23.2 Å². The Bertz CT molecular complexity index is 1090. The molecule has 1 heterocycles. The monoisotopic (exact) mass is 502 g/mol. The topological polar surface area (TPSA) is 94.2 Å². The van der Waals surface area contributed by atoms with Gasteiger partial charge in [0.2, 0.25) is 11.8 Å². The third-order valence-corrected chi connectivity index (χ3v) is 6.29. The Morgan fingerprint density at radius 2 is 1.83 bits per heavy atom. The van der Waals surface area contributed by atoms with Gasteiger partial charge in [0.05, 0.1) is 12.2 Å². The van der Waals surface area contributed by atoms with Crippen molar-refractivity contribution < 1.29 is 37.4 Å². The first kappa shape index (κ1) is 25.4. The zero-order valence-electron chi connectivity index (χ0n) is 19.8. The molecule has 4 rings (SSSR count). The van der Waals surface area contributed by atoms with Crippen LogP contribution in [0, 0.1) is 5.92 Å². The van der Waals surface area contributed by atoms with Gasteiger partial charge in [0, 0.05) is 19.4 Å². The summed E-state index contributed by atoms with van der Waals surface area (Å²) in [5.41, 5.74) is 1.11. The van der Waals surface area contributed by atoms with Crippen molar-refractivity contribution in [2.24, 2.45) is 5.92 Å². The lowest BCUT2D eigenvalue weighted by atomic mass is 9.95. The largest absolute Gasteiger partial charge is 0.489 e. The van der Waals surface area contributed by atoms with Crippen LogP contribution < -0.4 is 14.8 Å². The number of nitrogens with one attached hydrogen (secondary N) is 1. The molecule has 8 nitrogen and oxygen atoms in total. The summed E-state index contributed by atoms with van der Waals surface area (Å²) in [4.78, 5) is 38.6. The fourth-order valence-electron chi connectivity index (χ4n) is 4.20. The molecule has 1 N–H and O–H groups in total. The van der Waals surface area contributed by atoms with E-state index in [0.717, 1.165) is 18.4 Å². The lowest BCUT2D eigenvalue weighted by molar-refractivity contribution is -0.137. The molecular formula is C26H28F2N2O6. The second-order valence-corrected chi connectivity index (χ2v) is 8.94. The number of halogens is 2. The molecule has 0 bridgehead atoms. The molecule has 0 spiro atoms. The van der Waals surface area contributed by atoms with E-state index in [-0.39, 0.29) is 36.6 Å². The van der Waals surface area contributed by atoms with Gasteiger partial charge in [-0.25, -0.2) is 4.79 Å². The lowest BCUT2D eigenvalue weighted by Gasteiger charge is -2.22. The van der Waals surface area contributed by atoms with Crippen LogP contribution in [0.1, 0.15) is 48.0 Å². The van der Waals surface area contributed by atoms with E-state index in [1.54, 1.807) is 42.5 Å². The first-order chi connectivity index (χ1) is 17.3. The summed E-state index contributed by atoms with van der Waals surface area (Å²) in [6.07, 6.45) is 2.39. The highest BCUT2D eigenvalue weighted by Crippen LogP contribution is 2.38. The maximum Gasteiger partial charge on any atom is 0.387 e. The van der Waals surface area contributed by atoms with E-state index in [0.29, 0.717) is 24.5 Å². The van der Waals surface area contributed by atoms with Gasteiger partial charge in [0.25, 0.3) is 0 Å². The molecule has 0 radical (unpaired) electrons. The summed E-state index contributed by atoms with van der Waals surface area (Å²) in [6.45, 7) is -1.25. The highest BCUT2D eigenvalue weighted by molar-refractivity contribution is 5.90. The van der Waals surface area contributed by atoms with E-state index < -0.39 is 24.5 Å². The molecule has 2 atom stereocenters. The lowest BCUT2D eigenvalue weighted by Crippen LogP contribution is -2.45. The van der Waals surface area contributed by atoms with Crippen molar-refractivity contribution in [3.63, 3.8) is 0 Å². The van der Waals surface area contributed by atoms with Gasteiger partial charge in [-0.15, -0.1) is 0 Å². The Labute approximate surface area is 207 Å². The summed E-state index contributed by atoms with van der Waals surface area (Å²) in [5, 5.41) is 2.56. The van der Waals surface area contributed by atoms with Crippen LogP contribution in [-0.2, 0) is 14.3 Å². The molecule has 36 heavy (non-hydrogen) atoms. The molecule has 2 aromatic rings. The van der Waals surface area contributed by atoms with Gasteiger partial charge < -0.3 is 24.4 Å². The van der Waals surface area contributed by atoms with Gasteiger partial charge in [-0.2, -0.15) is 8.78 Å². The molecule has 1 unspecified atom stereocenters. The average molecular weight is 503 g/mol. The van der Waals surface area contributed by atoms with Gasteiger partial charge in [-0.05, 0) is 55.0 Å². The second-order valence-electron chi connectivity index (χ2n) is 8.94. The molecule has 2 aromatic carbocycles. The average Bonchev–Trinajstić information content (AvgIpc) is 3.58. The number of benzene rings is 2. The number of hydrogen-bond donors (Lipinski definition) is 1. The van der Waals surface area contributed by atoms with E-state index in [2.05, 4.69) is 10.1 Å². The predicted molar refractivity (Wildman–Crippen MR) is 125 cm³/mol. The molecule has 0 aromatic heterocycles. The molecule has 1 saturated carbocycles. The number of nitrogens with zero attached hydrogens (tertiary/aromatic N) is 1. The number of carbonyl (C=O) groups excluding carboxylic acids is 3. The molecule has 1 saturated heterocycles. The van der Waals surface area contributed by atoms with Gasteiger partial charge in [-0.3, -0.25) is 9.59 Å². The van der Waals surface area contributed by atoms with Crippen LogP contribution in [0.4, 0.5) is 8.78 Å². The third-order valence-electron chi connectivity index (χ3n) is 6.29. The predicted octanol–water partition coefficient (Wildman–Crippen LogP) is 3.71. The maximum atomic E-state index is 12.9. The number of likely N-dealkylation sites (tertiary alicyclic amines) is 1. The molecule has 2 fully saturated rings. The summed E-state index contributed by atoms with van der Waals surface area (Å²) in [7, 11) is 0. The zero-order chi connectivity index (χ0) is 25.7. The fraction of sp³-hybridized carbons (Fsp3) is 0.423. The minimum Gasteiger partial charge on any atom is -0.489 e. The quantitative estimate of drug-likeness (QED) is 0.393. The van der Waals surface area contributed by atoms with Gasteiger partial charge in [-0.1, -0.05) is 24.3 Å². The molecule has 192 valence electrons. The van der Waals surface area contributed by atoms with Crippen LogP contribution in [0.2, 0.25) is 0 Å². The van der Waals surface area contributed by atoms with Gasteiger partial charge in [0.1, 0.15) is 6.04 Å². The van der Waals surface area contributed by atoms with Crippen LogP contribution in [0.5, 0.6) is 11.5 Å². The third kappa shape index (κ3) is 6.50. The number of esters is 1. The normalized spacial score (nSPS) is 19.2. The number of hydrogen-bond acceptors (Lipinski definition) is 6. The van der Waals surface area contributed by atoms with E-state index >= 15 is 0 Å². The van der Waals surface area contributed by atoms with Crippen LogP contribution in [0.3, 0.4) is 0 Å². The van der Waals surface area contributed by atoms with Crippen LogP contribution >= 0.6 is 0 Å². The number of amides is 2. The van der Waals surface area contributed by atoms with Crippen molar-refractivity contribution >= 4 is 17.8 Å². The Balaban J connectivity index is 1.41. The van der Waals surface area contributed by atoms with Gasteiger partial charge >= 0.3 is 12.6 Å².